The van der Waals surface area contributed by atoms with Crippen LogP contribution in [0.2, 0.25) is 5.02 Å². The summed E-state index contributed by atoms with van der Waals surface area (Å²) in [6.07, 6.45) is 2.30. The first kappa shape index (κ1) is 28.3. The fraction of sp³-hybridized carbons (Fsp3) is 0.333. The second-order valence-electron chi connectivity index (χ2n) is 8.28. The standard InChI is InChI=1S/C27H31ClN2O2.2ClH/c1-31-26-9-5-8-23(27(26)32-20-22-10-12-24(28)13-11-22)18-29-25-14-16-30(17-15-25)19-21-6-3-2-4-7-21;;/h2-13,25,29H,14-20H2,1H3;2*1H. The summed E-state index contributed by atoms with van der Waals surface area (Å²) in [4.78, 5) is 2.54. The molecule has 1 aliphatic heterocycles. The van der Waals surface area contributed by atoms with Gasteiger partial charge in [-0.3, -0.25) is 4.90 Å². The van der Waals surface area contributed by atoms with E-state index in [1.165, 1.54) is 5.56 Å². The van der Waals surface area contributed by atoms with Crippen molar-refractivity contribution in [2.45, 2.75) is 38.6 Å². The van der Waals surface area contributed by atoms with Crippen LogP contribution in [0.5, 0.6) is 11.5 Å². The van der Waals surface area contributed by atoms with Gasteiger partial charge in [-0.25, -0.2) is 0 Å². The highest BCUT2D eigenvalue weighted by atomic mass is 35.5. The number of nitrogens with one attached hydrogen (secondary N) is 1. The molecule has 34 heavy (non-hydrogen) atoms. The summed E-state index contributed by atoms with van der Waals surface area (Å²) in [5.41, 5.74) is 3.58. The van der Waals surface area contributed by atoms with Gasteiger partial charge in [0.15, 0.2) is 11.5 Å². The molecule has 184 valence electrons. The van der Waals surface area contributed by atoms with Crippen LogP contribution < -0.4 is 14.8 Å². The minimum absolute atomic E-state index is 0. The van der Waals surface area contributed by atoms with Gasteiger partial charge in [0.2, 0.25) is 0 Å². The fourth-order valence-electron chi connectivity index (χ4n) is 4.15. The van der Waals surface area contributed by atoms with Crippen molar-refractivity contribution in [1.82, 2.24) is 10.2 Å². The number of ether oxygens (including phenoxy) is 2. The molecule has 0 aromatic heterocycles. The van der Waals surface area contributed by atoms with E-state index in [0.29, 0.717) is 12.6 Å². The molecule has 0 amide bonds. The maximum absolute atomic E-state index is 6.19. The lowest BCUT2D eigenvalue weighted by Gasteiger charge is -2.32. The topological polar surface area (TPSA) is 33.7 Å². The van der Waals surface area contributed by atoms with Gasteiger partial charge >= 0.3 is 0 Å². The van der Waals surface area contributed by atoms with E-state index in [4.69, 9.17) is 21.1 Å². The third-order valence-electron chi connectivity index (χ3n) is 5.99. The Bertz CT molecular complexity index is 979. The highest BCUT2D eigenvalue weighted by molar-refractivity contribution is 6.30. The molecule has 1 fully saturated rings. The maximum Gasteiger partial charge on any atom is 0.166 e. The zero-order valence-electron chi connectivity index (χ0n) is 19.4. The summed E-state index contributed by atoms with van der Waals surface area (Å²) in [5, 5.41) is 4.47. The van der Waals surface area contributed by atoms with Gasteiger partial charge in [-0.15, -0.1) is 24.8 Å². The van der Waals surface area contributed by atoms with Crippen LogP contribution in [0, 0.1) is 0 Å². The third-order valence-corrected chi connectivity index (χ3v) is 6.25. The van der Waals surface area contributed by atoms with Gasteiger partial charge in [0.25, 0.3) is 0 Å². The van der Waals surface area contributed by atoms with Crippen molar-refractivity contribution in [1.29, 1.82) is 0 Å². The van der Waals surface area contributed by atoms with E-state index >= 15 is 0 Å². The van der Waals surface area contributed by atoms with E-state index in [0.717, 1.165) is 66.7 Å². The van der Waals surface area contributed by atoms with Gasteiger partial charge in [0.05, 0.1) is 7.11 Å². The van der Waals surface area contributed by atoms with Crippen LogP contribution >= 0.6 is 36.4 Å². The van der Waals surface area contributed by atoms with Crippen LogP contribution in [0.3, 0.4) is 0 Å². The number of hydrogen-bond donors (Lipinski definition) is 1. The first-order chi connectivity index (χ1) is 15.7. The van der Waals surface area contributed by atoms with Crippen molar-refractivity contribution in [2.24, 2.45) is 0 Å². The van der Waals surface area contributed by atoms with Crippen LogP contribution in [0.1, 0.15) is 29.5 Å². The Balaban J connectivity index is 0.00000204. The van der Waals surface area contributed by atoms with E-state index in [-0.39, 0.29) is 24.8 Å². The van der Waals surface area contributed by atoms with E-state index in [2.05, 4.69) is 46.6 Å². The average molecular weight is 524 g/mol. The number of para-hydroxylation sites is 1. The van der Waals surface area contributed by atoms with Crippen LogP contribution in [-0.4, -0.2) is 31.1 Å². The molecule has 0 radical (unpaired) electrons. The number of methoxy groups -OCH3 is 1. The number of nitrogens with zero attached hydrogens (tertiary/aromatic N) is 1. The molecule has 3 aromatic rings. The predicted octanol–water partition coefficient (Wildman–Crippen LogP) is 6.53. The zero-order chi connectivity index (χ0) is 22.2. The fourth-order valence-corrected chi connectivity index (χ4v) is 4.28. The lowest BCUT2D eigenvalue weighted by atomic mass is 10.0. The lowest BCUT2D eigenvalue weighted by Crippen LogP contribution is -2.41. The monoisotopic (exact) mass is 522 g/mol. The van der Waals surface area contributed by atoms with E-state index in [9.17, 15) is 0 Å². The first-order valence-electron chi connectivity index (χ1n) is 11.2. The van der Waals surface area contributed by atoms with Crippen molar-refractivity contribution in [3.05, 3.63) is 94.5 Å². The summed E-state index contributed by atoms with van der Waals surface area (Å²) in [5.74, 6) is 1.56. The minimum atomic E-state index is 0. The van der Waals surface area contributed by atoms with Crippen LogP contribution in [0.4, 0.5) is 0 Å². The van der Waals surface area contributed by atoms with Crippen LogP contribution in [0.15, 0.2) is 72.8 Å². The zero-order valence-corrected chi connectivity index (χ0v) is 21.8. The molecule has 1 saturated heterocycles. The SMILES string of the molecule is COc1cccc(CNC2CCN(Cc3ccccc3)CC2)c1OCc1ccc(Cl)cc1.Cl.Cl. The molecule has 7 heteroatoms. The largest absolute Gasteiger partial charge is 0.493 e. The minimum Gasteiger partial charge on any atom is -0.493 e. The third kappa shape index (κ3) is 8.07. The molecule has 0 bridgehead atoms. The Morgan fingerprint density at radius 1 is 0.882 bits per heavy atom. The summed E-state index contributed by atoms with van der Waals surface area (Å²) < 4.78 is 11.8. The molecular weight excluding hydrogens is 491 g/mol. The Morgan fingerprint density at radius 2 is 1.59 bits per heavy atom. The average Bonchev–Trinajstić information content (AvgIpc) is 2.84. The highest BCUT2D eigenvalue weighted by Crippen LogP contribution is 2.32. The number of likely N-dealkylation sites (tertiary alicyclic amines) is 1. The van der Waals surface area contributed by atoms with Crippen LogP contribution in [-0.2, 0) is 19.7 Å². The molecule has 1 heterocycles. The Hall–Kier alpha value is -1.95. The van der Waals surface area contributed by atoms with Gasteiger partial charge in [-0.05, 0) is 55.3 Å². The predicted molar refractivity (Wildman–Crippen MR) is 145 cm³/mol. The molecule has 1 aliphatic rings. The molecule has 0 unspecified atom stereocenters. The molecule has 4 nitrogen and oxygen atoms in total. The number of hydrogen-bond acceptors (Lipinski definition) is 4. The van der Waals surface area contributed by atoms with Gasteiger partial charge in [0.1, 0.15) is 6.61 Å². The summed E-state index contributed by atoms with van der Waals surface area (Å²) in [6.45, 7) is 4.50. The number of piperidine rings is 1. The molecule has 0 aliphatic carbocycles. The maximum atomic E-state index is 6.19. The van der Waals surface area contributed by atoms with Gasteiger partial charge in [-0.2, -0.15) is 0 Å². The second-order valence-corrected chi connectivity index (χ2v) is 8.72. The number of benzene rings is 3. The molecular formula is C27H33Cl3N2O2. The highest BCUT2D eigenvalue weighted by Gasteiger charge is 2.20. The second kappa shape index (κ2) is 14.4. The quantitative estimate of drug-likeness (QED) is 0.346. The molecule has 1 N–H and O–H groups in total. The molecule has 0 saturated carbocycles. The van der Waals surface area contributed by atoms with Gasteiger partial charge in [-0.1, -0.05) is 66.2 Å². The summed E-state index contributed by atoms with van der Waals surface area (Å²) in [6, 6.07) is 25.0. The number of halogens is 3. The smallest absolute Gasteiger partial charge is 0.166 e. The van der Waals surface area contributed by atoms with Crippen molar-refractivity contribution < 1.29 is 9.47 Å². The van der Waals surface area contributed by atoms with E-state index in [1.807, 2.05) is 36.4 Å². The van der Waals surface area contributed by atoms with E-state index in [1.54, 1.807) is 7.11 Å². The van der Waals surface area contributed by atoms with Gasteiger partial charge < -0.3 is 14.8 Å². The van der Waals surface area contributed by atoms with Crippen molar-refractivity contribution in [2.75, 3.05) is 20.2 Å². The van der Waals surface area contributed by atoms with Crippen molar-refractivity contribution in [3.63, 3.8) is 0 Å². The van der Waals surface area contributed by atoms with Crippen LogP contribution in [0.25, 0.3) is 0 Å². The summed E-state index contributed by atoms with van der Waals surface area (Å²) in [7, 11) is 1.68. The molecule has 0 spiro atoms. The molecule has 4 rings (SSSR count). The Kier molecular flexibility index (Phi) is 12.0. The number of rotatable bonds is 9. The molecule has 0 atom stereocenters. The Morgan fingerprint density at radius 3 is 2.26 bits per heavy atom. The van der Waals surface area contributed by atoms with Gasteiger partial charge in [0, 0.05) is 29.7 Å². The first-order valence-corrected chi connectivity index (χ1v) is 11.6. The summed E-state index contributed by atoms with van der Waals surface area (Å²) >= 11 is 5.99. The lowest BCUT2D eigenvalue weighted by molar-refractivity contribution is 0.189. The normalized spacial score (nSPS) is 14.1. The van der Waals surface area contributed by atoms with E-state index < -0.39 is 0 Å². The Labute approximate surface area is 220 Å². The molecule has 3 aromatic carbocycles. The van der Waals surface area contributed by atoms with Crippen molar-refractivity contribution in [3.8, 4) is 11.5 Å². The van der Waals surface area contributed by atoms with Crippen molar-refractivity contribution >= 4 is 36.4 Å².